The lowest BCUT2D eigenvalue weighted by Gasteiger charge is -2.10. The van der Waals surface area contributed by atoms with Crippen LogP contribution >= 0.6 is 15.9 Å². The van der Waals surface area contributed by atoms with Crippen molar-refractivity contribution < 1.29 is 4.39 Å². The predicted octanol–water partition coefficient (Wildman–Crippen LogP) is 3.79. The van der Waals surface area contributed by atoms with E-state index < -0.39 is 0 Å². The number of rotatable bonds is 4. The third-order valence-corrected chi connectivity index (χ3v) is 3.12. The van der Waals surface area contributed by atoms with Crippen molar-refractivity contribution in [3.05, 3.63) is 35.6 Å². The van der Waals surface area contributed by atoms with Gasteiger partial charge in [-0.25, -0.2) is 4.39 Å². The Hall–Kier alpha value is -0.370. The Morgan fingerprint density at radius 1 is 1.46 bits per heavy atom. The zero-order valence-corrected chi connectivity index (χ0v) is 9.35. The van der Waals surface area contributed by atoms with Gasteiger partial charge in [0.05, 0.1) is 0 Å². The second-order valence-corrected chi connectivity index (χ2v) is 3.91. The zero-order chi connectivity index (χ0) is 9.68. The molecule has 0 saturated heterocycles. The molecule has 0 N–H and O–H groups in total. The maximum absolute atomic E-state index is 12.8. The van der Waals surface area contributed by atoms with Crippen molar-refractivity contribution in [1.82, 2.24) is 0 Å². The highest BCUT2D eigenvalue weighted by Gasteiger charge is 2.05. The average Bonchev–Trinajstić information content (AvgIpc) is 2.14. The van der Waals surface area contributed by atoms with Gasteiger partial charge in [-0.2, -0.15) is 0 Å². The van der Waals surface area contributed by atoms with Gasteiger partial charge in [0.1, 0.15) is 5.82 Å². The molecule has 0 heterocycles. The van der Waals surface area contributed by atoms with E-state index in [-0.39, 0.29) is 5.82 Å². The molecule has 1 rings (SSSR count). The molecule has 0 aromatic heterocycles. The normalized spacial score (nSPS) is 12.8. The molecule has 0 spiro atoms. The molecular weight excluding hydrogens is 231 g/mol. The van der Waals surface area contributed by atoms with Gasteiger partial charge in [0.2, 0.25) is 0 Å². The van der Waals surface area contributed by atoms with E-state index in [1.165, 1.54) is 6.07 Å². The molecule has 72 valence electrons. The first-order chi connectivity index (χ1) is 6.26. The molecule has 1 unspecified atom stereocenters. The molecule has 0 bridgehead atoms. The second-order valence-electron chi connectivity index (χ2n) is 3.26. The Bertz CT molecular complexity index is 256. The average molecular weight is 245 g/mol. The van der Waals surface area contributed by atoms with Gasteiger partial charge in [-0.1, -0.05) is 41.4 Å². The first kappa shape index (κ1) is 10.7. The van der Waals surface area contributed by atoms with Crippen molar-refractivity contribution >= 4 is 15.9 Å². The SMILES string of the molecule is CCC(CBr)Cc1cccc(F)c1. The molecule has 1 aromatic rings. The van der Waals surface area contributed by atoms with Crippen molar-refractivity contribution in [3.8, 4) is 0 Å². The third kappa shape index (κ3) is 3.47. The zero-order valence-electron chi connectivity index (χ0n) is 7.76. The van der Waals surface area contributed by atoms with Gasteiger partial charge in [0, 0.05) is 5.33 Å². The quantitative estimate of drug-likeness (QED) is 0.708. The van der Waals surface area contributed by atoms with Gasteiger partial charge in [-0.3, -0.25) is 0 Å². The Kier molecular flexibility index (Phi) is 4.43. The molecule has 0 radical (unpaired) electrons. The Labute approximate surface area is 87.3 Å². The maximum Gasteiger partial charge on any atom is 0.123 e. The standard InChI is InChI=1S/C11H14BrF/c1-2-9(8-12)6-10-4-3-5-11(13)7-10/h3-5,7,9H,2,6,8H2,1H3. The Morgan fingerprint density at radius 2 is 2.23 bits per heavy atom. The molecule has 1 aromatic carbocycles. The summed E-state index contributed by atoms with van der Waals surface area (Å²) >= 11 is 3.46. The predicted molar refractivity (Wildman–Crippen MR) is 57.7 cm³/mol. The first-order valence-electron chi connectivity index (χ1n) is 4.56. The van der Waals surface area contributed by atoms with Crippen molar-refractivity contribution in [2.45, 2.75) is 19.8 Å². The van der Waals surface area contributed by atoms with Gasteiger partial charge in [0.25, 0.3) is 0 Å². The van der Waals surface area contributed by atoms with Gasteiger partial charge in [-0.15, -0.1) is 0 Å². The summed E-state index contributed by atoms with van der Waals surface area (Å²) < 4.78 is 12.8. The summed E-state index contributed by atoms with van der Waals surface area (Å²) in [5.41, 5.74) is 1.09. The fourth-order valence-corrected chi connectivity index (χ4v) is 1.99. The summed E-state index contributed by atoms with van der Waals surface area (Å²) in [6, 6.07) is 6.85. The van der Waals surface area contributed by atoms with E-state index in [1.807, 2.05) is 6.07 Å². The van der Waals surface area contributed by atoms with Crippen LogP contribution in [0.3, 0.4) is 0 Å². The van der Waals surface area contributed by atoms with Crippen LogP contribution in [0.4, 0.5) is 4.39 Å². The van der Waals surface area contributed by atoms with Crippen molar-refractivity contribution in [2.24, 2.45) is 5.92 Å². The minimum atomic E-state index is -0.137. The van der Waals surface area contributed by atoms with Gasteiger partial charge >= 0.3 is 0 Å². The number of halogens is 2. The molecule has 0 saturated carbocycles. The van der Waals surface area contributed by atoms with Crippen molar-refractivity contribution in [2.75, 3.05) is 5.33 Å². The van der Waals surface area contributed by atoms with E-state index in [0.717, 1.165) is 23.7 Å². The number of benzene rings is 1. The molecule has 0 aliphatic heterocycles. The largest absolute Gasteiger partial charge is 0.207 e. The molecule has 0 fully saturated rings. The smallest absolute Gasteiger partial charge is 0.123 e. The number of hydrogen-bond acceptors (Lipinski definition) is 0. The molecule has 0 aliphatic carbocycles. The van der Waals surface area contributed by atoms with Crippen LogP contribution in [-0.2, 0) is 6.42 Å². The van der Waals surface area contributed by atoms with Crippen LogP contribution in [0.15, 0.2) is 24.3 Å². The lowest BCUT2D eigenvalue weighted by molar-refractivity contribution is 0.568. The monoisotopic (exact) mass is 244 g/mol. The summed E-state index contributed by atoms with van der Waals surface area (Å²) in [5, 5.41) is 0.986. The summed E-state index contributed by atoms with van der Waals surface area (Å²) in [6.07, 6.45) is 2.08. The van der Waals surface area contributed by atoms with Gasteiger partial charge in [-0.05, 0) is 30.0 Å². The van der Waals surface area contributed by atoms with E-state index in [1.54, 1.807) is 12.1 Å². The molecule has 0 aliphatic rings. The van der Waals surface area contributed by atoms with Crippen LogP contribution in [0, 0.1) is 11.7 Å². The third-order valence-electron chi connectivity index (χ3n) is 2.21. The van der Waals surface area contributed by atoms with Crippen LogP contribution < -0.4 is 0 Å². The van der Waals surface area contributed by atoms with Crippen LogP contribution in [0.5, 0.6) is 0 Å². The number of hydrogen-bond donors (Lipinski definition) is 0. The Morgan fingerprint density at radius 3 is 2.77 bits per heavy atom. The fraction of sp³-hybridized carbons (Fsp3) is 0.455. The summed E-state index contributed by atoms with van der Waals surface area (Å²) in [4.78, 5) is 0. The summed E-state index contributed by atoms with van der Waals surface area (Å²) in [7, 11) is 0. The van der Waals surface area contributed by atoms with Crippen molar-refractivity contribution in [1.29, 1.82) is 0 Å². The number of alkyl halides is 1. The minimum absolute atomic E-state index is 0.137. The van der Waals surface area contributed by atoms with E-state index in [9.17, 15) is 4.39 Å². The highest BCUT2D eigenvalue weighted by atomic mass is 79.9. The molecule has 0 amide bonds. The van der Waals surface area contributed by atoms with Gasteiger partial charge in [0.15, 0.2) is 0 Å². The van der Waals surface area contributed by atoms with Crippen LogP contribution in [-0.4, -0.2) is 5.33 Å². The molecular formula is C11H14BrF. The van der Waals surface area contributed by atoms with E-state index in [4.69, 9.17) is 0 Å². The van der Waals surface area contributed by atoms with Crippen LogP contribution in [0.25, 0.3) is 0 Å². The van der Waals surface area contributed by atoms with Gasteiger partial charge < -0.3 is 0 Å². The second kappa shape index (κ2) is 5.38. The van der Waals surface area contributed by atoms with Crippen LogP contribution in [0.2, 0.25) is 0 Å². The summed E-state index contributed by atoms with van der Waals surface area (Å²) in [6.45, 7) is 2.16. The Balaban J connectivity index is 2.62. The molecule has 0 nitrogen and oxygen atoms in total. The van der Waals surface area contributed by atoms with E-state index in [2.05, 4.69) is 22.9 Å². The lowest BCUT2D eigenvalue weighted by Crippen LogP contribution is -2.04. The lowest BCUT2D eigenvalue weighted by atomic mass is 9.99. The highest BCUT2D eigenvalue weighted by molar-refractivity contribution is 9.09. The summed E-state index contributed by atoms with van der Waals surface area (Å²) in [5.74, 6) is 0.476. The highest BCUT2D eigenvalue weighted by Crippen LogP contribution is 2.15. The van der Waals surface area contributed by atoms with Crippen LogP contribution in [0.1, 0.15) is 18.9 Å². The van der Waals surface area contributed by atoms with E-state index >= 15 is 0 Å². The molecule has 1 atom stereocenters. The molecule has 13 heavy (non-hydrogen) atoms. The molecule has 2 heteroatoms. The maximum atomic E-state index is 12.8. The van der Waals surface area contributed by atoms with E-state index in [0.29, 0.717) is 5.92 Å². The first-order valence-corrected chi connectivity index (χ1v) is 5.68. The van der Waals surface area contributed by atoms with Crippen molar-refractivity contribution in [3.63, 3.8) is 0 Å². The topological polar surface area (TPSA) is 0 Å². The fourth-order valence-electron chi connectivity index (χ4n) is 1.31. The minimum Gasteiger partial charge on any atom is -0.207 e.